The zero-order valence-electron chi connectivity index (χ0n) is 16.2. The molecular weight excluding hydrogens is 345 g/mol. The largest absolute Gasteiger partial charge is 0.377 e. The standard InChI is InChI=1S/C21H28FN3O2/c1-16-19(10-24(2)23-16)11-25-14-21(15-25)9-18(13-27-21)6-7-26-12-17-4-3-5-20(22)8-17/h3-5,8,10,18H,6-7,9,11-15H2,1-2H3. The summed E-state index contributed by atoms with van der Waals surface area (Å²) in [5.41, 5.74) is 3.34. The number of hydrogen-bond acceptors (Lipinski definition) is 4. The van der Waals surface area contributed by atoms with E-state index in [9.17, 15) is 4.39 Å². The van der Waals surface area contributed by atoms with Crippen molar-refractivity contribution in [2.75, 3.05) is 26.3 Å². The van der Waals surface area contributed by atoms with Gasteiger partial charge in [0.25, 0.3) is 0 Å². The zero-order valence-corrected chi connectivity index (χ0v) is 16.2. The molecule has 0 N–H and O–H groups in total. The quantitative estimate of drug-likeness (QED) is 0.700. The van der Waals surface area contributed by atoms with Crippen LogP contribution in [0.3, 0.4) is 0 Å². The Morgan fingerprint density at radius 3 is 2.96 bits per heavy atom. The third-order valence-corrected chi connectivity index (χ3v) is 5.65. The summed E-state index contributed by atoms with van der Waals surface area (Å²) in [6.07, 6.45) is 4.21. The Kier molecular flexibility index (Phi) is 5.30. The van der Waals surface area contributed by atoms with Gasteiger partial charge in [-0.15, -0.1) is 0 Å². The second kappa shape index (κ2) is 7.70. The van der Waals surface area contributed by atoms with Crippen LogP contribution in [0.2, 0.25) is 0 Å². The summed E-state index contributed by atoms with van der Waals surface area (Å²) in [5, 5.41) is 4.42. The summed E-state index contributed by atoms with van der Waals surface area (Å²) in [6, 6.07) is 6.60. The van der Waals surface area contributed by atoms with Gasteiger partial charge in [0.05, 0.1) is 24.5 Å². The van der Waals surface area contributed by atoms with Crippen molar-refractivity contribution in [3.63, 3.8) is 0 Å². The van der Waals surface area contributed by atoms with Crippen LogP contribution in [0.4, 0.5) is 4.39 Å². The second-order valence-electron chi connectivity index (χ2n) is 8.09. The van der Waals surface area contributed by atoms with E-state index < -0.39 is 0 Å². The van der Waals surface area contributed by atoms with E-state index in [1.165, 1.54) is 17.7 Å². The van der Waals surface area contributed by atoms with Gasteiger partial charge in [0, 0.05) is 45.0 Å². The lowest BCUT2D eigenvalue weighted by molar-refractivity contribution is -0.114. The van der Waals surface area contributed by atoms with Crippen LogP contribution in [0.1, 0.15) is 29.7 Å². The normalized spacial score (nSPS) is 21.7. The molecule has 2 saturated heterocycles. The molecule has 6 heteroatoms. The van der Waals surface area contributed by atoms with E-state index in [1.54, 1.807) is 6.07 Å². The van der Waals surface area contributed by atoms with E-state index in [0.717, 1.165) is 50.3 Å². The van der Waals surface area contributed by atoms with Crippen LogP contribution in [-0.2, 0) is 29.7 Å². The number of rotatable bonds is 7. The fraction of sp³-hybridized carbons (Fsp3) is 0.571. The Hall–Kier alpha value is -1.76. The molecule has 0 amide bonds. The van der Waals surface area contributed by atoms with Gasteiger partial charge in [-0.1, -0.05) is 12.1 Å². The molecule has 2 aliphatic rings. The lowest BCUT2D eigenvalue weighted by Crippen LogP contribution is -2.60. The Morgan fingerprint density at radius 2 is 2.22 bits per heavy atom. The topological polar surface area (TPSA) is 39.5 Å². The van der Waals surface area contributed by atoms with Gasteiger partial charge < -0.3 is 9.47 Å². The number of ether oxygens (including phenoxy) is 2. The first-order chi connectivity index (χ1) is 13.0. The summed E-state index contributed by atoms with van der Waals surface area (Å²) in [5.74, 6) is 0.345. The van der Waals surface area contributed by atoms with E-state index >= 15 is 0 Å². The zero-order chi connectivity index (χ0) is 18.9. The molecule has 0 saturated carbocycles. The highest BCUT2D eigenvalue weighted by molar-refractivity contribution is 5.17. The smallest absolute Gasteiger partial charge is 0.123 e. The molecule has 3 heterocycles. The van der Waals surface area contributed by atoms with Crippen LogP contribution < -0.4 is 0 Å². The fourth-order valence-electron chi connectivity index (χ4n) is 4.34. The van der Waals surface area contributed by atoms with Crippen LogP contribution in [0.5, 0.6) is 0 Å². The molecule has 2 aliphatic heterocycles. The van der Waals surface area contributed by atoms with Gasteiger partial charge in [-0.2, -0.15) is 5.10 Å². The first-order valence-corrected chi connectivity index (χ1v) is 9.69. The second-order valence-corrected chi connectivity index (χ2v) is 8.09. The van der Waals surface area contributed by atoms with Gasteiger partial charge in [-0.05, 0) is 43.4 Å². The minimum atomic E-state index is -0.210. The summed E-state index contributed by atoms with van der Waals surface area (Å²) in [7, 11) is 1.97. The van der Waals surface area contributed by atoms with E-state index in [2.05, 4.69) is 23.1 Å². The SMILES string of the molecule is Cc1nn(C)cc1CN1CC2(CC(CCOCc3cccc(F)c3)CO2)C1. The fourth-order valence-corrected chi connectivity index (χ4v) is 4.34. The molecule has 5 nitrogen and oxygen atoms in total. The molecule has 1 spiro atoms. The molecule has 1 aromatic carbocycles. The molecule has 0 aliphatic carbocycles. The molecular formula is C21H28FN3O2. The Bertz CT molecular complexity index is 785. The summed E-state index contributed by atoms with van der Waals surface area (Å²) >= 11 is 0. The monoisotopic (exact) mass is 373 g/mol. The summed E-state index contributed by atoms with van der Waals surface area (Å²) in [4.78, 5) is 2.44. The van der Waals surface area contributed by atoms with Crippen molar-refractivity contribution in [2.45, 2.75) is 38.5 Å². The number of halogens is 1. The van der Waals surface area contributed by atoms with E-state index in [1.807, 2.05) is 17.8 Å². The summed E-state index contributed by atoms with van der Waals surface area (Å²) in [6.45, 7) is 7.00. The van der Waals surface area contributed by atoms with Gasteiger partial charge >= 0.3 is 0 Å². The molecule has 1 unspecified atom stereocenters. The van der Waals surface area contributed by atoms with Crippen molar-refractivity contribution in [3.8, 4) is 0 Å². The molecule has 0 radical (unpaired) electrons. The Balaban J connectivity index is 1.16. The third kappa shape index (κ3) is 4.39. The maximum atomic E-state index is 13.2. The third-order valence-electron chi connectivity index (χ3n) is 5.65. The van der Waals surface area contributed by atoms with Crippen molar-refractivity contribution < 1.29 is 13.9 Å². The van der Waals surface area contributed by atoms with E-state index in [0.29, 0.717) is 19.1 Å². The number of benzene rings is 1. The number of likely N-dealkylation sites (tertiary alicyclic amines) is 1. The van der Waals surface area contributed by atoms with Crippen LogP contribution in [0, 0.1) is 18.7 Å². The molecule has 1 aromatic heterocycles. The average Bonchev–Trinajstić information content (AvgIpc) is 3.15. The van der Waals surface area contributed by atoms with Gasteiger partial charge in [0.2, 0.25) is 0 Å². The lowest BCUT2D eigenvalue weighted by Gasteiger charge is -2.47. The highest BCUT2D eigenvalue weighted by Crippen LogP contribution is 2.39. The molecule has 4 rings (SSSR count). The van der Waals surface area contributed by atoms with E-state index in [-0.39, 0.29) is 11.4 Å². The molecule has 1 atom stereocenters. The van der Waals surface area contributed by atoms with Crippen molar-refractivity contribution in [3.05, 3.63) is 53.1 Å². The van der Waals surface area contributed by atoms with Crippen molar-refractivity contribution in [1.29, 1.82) is 0 Å². The predicted octanol–water partition coefficient (Wildman–Crippen LogP) is 3.07. The van der Waals surface area contributed by atoms with E-state index in [4.69, 9.17) is 9.47 Å². The maximum absolute atomic E-state index is 13.2. The van der Waals surface area contributed by atoms with Gasteiger partial charge in [-0.25, -0.2) is 4.39 Å². The maximum Gasteiger partial charge on any atom is 0.123 e. The van der Waals surface area contributed by atoms with Gasteiger partial charge in [-0.3, -0.25) is 9.58 Å². The number of hydrogen-bond donors (Lipinski definition) is 0. The van der Waals surface area contributed by atoms with Crippen LogP contribution in [-0.4, -0.2) is 46.6 Å². The van der Waals surface area contributed by atoms with Crippen LogP contribution in [0.15, 0.2) is 30.5 Å². The first-order valence-electron chi connectivity index (χ1n) is 9.69. The van der Waals surface area contributed by atoms with Gasteiger partial charge in [0.15, 0.2) is 0 Å². The highest BCUT2D eigenvalue weighted by atomic mass is 19.1. The Morgan fingerprint density at radius 1 is 1.37 bits per heavy atom. The molecule has 2 fully saturated rings. The summed E-state index contributed by atoms with van der Waals surface area (Å²) < 4.78 is 26.9. The first kappa shape index (κ1) is 18.6. The van der Waals surface area contributed by atoms with Crippen molar-refractivity contribution >= 4 is 0 Å². The molecule has 146 valence electrons. The minimum Gasteiger partial charge on any atom is -0.377 e. The minimum absolute atomic E-state index is 0.0450. The Labute approximate surface area is 160 Å². The van der Waals surface area contributed by atoms with Crippen molar-refractivity contribution in [1.82, 2.24) is 14.7 Å². The average molecular weight is 373 g/mol. The number of nitrogens with zero attached hydrogens (tertiary/aromatic N) is 3. The molecule has 27 heavy (non-hydrogen) atoms. The highest BCUT2D eigenvalue weighted by Gasteiger charge is 2.49. The van der Waals surface area contributed by atoms with Crippen LogP contribution in [0.25, 0.3) is 0 Å². The van der Waals surface area contributed by atoms with Crippen molar-refractivity contribution in [2.24, 2.45) is 13.0 Å². The number of aromatic nitrogens is 2. The number of aryl methyl sites for hydroxylation is 2. The van der Waals surface area contributed by atoms with Crippen LogP contribution >= 0.6 is 0 Å². The lowest BCUT2D eigenvalue weighted by atomic mass is 9.86. The van der Waals surface area contributed by atoms with Gasteiger partial charge in [0.1, 0.15) is 5.82 Å². The predicted molar refractivity (Wildman–Crippen MR) is 101 cm³/mol. The molecule has 0 bridgehead atoms. The molecule has 2 aromatic rings.